The van der Waals surface area contributed by atoms with Gasteiger partial charge in [-0.15, -0.1) is 0 Å². The molecule has 0 radical (unpaired) electrons. The fourth-order valence-electron chi connectivity index (χ4n) is 3.60. The van der Waals surface area contributed by atoms with Gasteiger partial charge in [0.15, 0.2) is 5.16 Å². The quantitative estimate of drug-likeness (QED) is 0.403. The van der Waals surface area contributed by atoms with E-state index >= 15 is 0 Å². The van der Waals surface area contributed by atoms with Gasteiger partial charge in [0.1, 0.15) is 11.6 Å². The topological polar surface area (TPSA) is 104 Å². The lowest BCUT2D eigenvalue weighted by Crippen LogP contribution is -2.36. The Morgan fingerprint density at radius 3 is 2.78 bits per heavy atom. The minimum Gasteiger partial charge on any atom is -0.325 e. The van der Waals surface area contributed by atoms with Gasteiger partial charge in [-0.2, -0.15) is 0 Å². The third kappa shape index (κ3) is 4.72. The van der Waals surface area contributed by atoms with E-state index in [1.165, 1.54) is 23.9 Å². The van der Waals surface area contributed by atoms with E-state index in [-0.39, 0.29) is 28.8 Å². The van der Waals surface area contributed by atoms with Crippen LogP contribution >= 0.6 is 11.8 Å². The first-order valence-electron chi connectivity index (χ1n) is 9.99. The number of benzene rings is 2. The largest absolute Gasteiger partial charge is 0.325 e. The van der Waals surface area contributed by atoms with Crippen LogP contribution in [0.2, 0.25) is 0 Å². The molecule has 2 amide bonds. The van der Waals surface area contributed by atoms with Gasteiger partial charge in [-0.25, -0.2) is 9.37 Å². The molecule has 7 nitrogen and oxygen atoms in total. The van der Waals surface area contributed by atoms with Crippen molar-refractivity contribution in [2.75, 3.05) is 10.6 Å². The highest BCUT2D eigenvalue weighted by molar-refractivity contribution is 7.98. The lowest BCUT2D eigenvalue weighted by Gasteiger charge is -2.24. The highest BCUT2D eigenvalue weighted by Crippen LogP contribution is 2.31. The zero-order valence-electron chi connectivity index (χ0n) is 17.5. The monoisotopic (exact) mass is 452 g/mol. The van der Waals surface area contributed by atoms with Crippen LogP contribution < -0.4 is 16.2 Å². The molecule has 164 valence electrons. The highest BCUT2D eigenvalue weighted by atomic mass is 32.2. The Hall–Kier alpha value is -3.46. The Morgan fingerprint density at radius 1 is 1.22 bits per heavy atom. The number of fused-ring (bicyclic) bond motifs is 1. The van der Waals surface area contributed by atoms with Gasteiger partial charge in [0.2, 0.25) is 11.8 Å². The van der Waals surface area contributed by atoms with Crippen molar-refractivity contribution in [2.45, 2.75) is 37.1 Å². The van der Waals surface area contributed by atoms with E-state index in [1.807, 2.05) is 26.0 Å². The molecule has 1 aliphatic rings. The van der Waals surface area contributed by atoms with Gasteiger partial charge in [0.05, 0.1) is 11.5 Å². The van der Waals surface area contributed by atoms with Crippen molar-refractivity contribution >= 4 is 35.1 Å². The molecule has 0 unspecified atom stereocenters. The highest BCUT2D eigenvalue weighted by Gasteiger charge is 2.35. The van der Waals surface area contributed by atoms with Crippen LogP contribution in [0.15, 0.2) is 52.4 Å². The number of hydrogen-bond donors (Lipinski definition) is 3. The molecule has 2 aromatic carbocycles. The number of H-pyrrole nitrogens is 1. The zero-order valence-corrected chi connectivity index (χ0v) is 18.3. The second kappa shape index (κ2) is 8.96. The number of rotatable bonds is 5. The average molecular weight is 453 g/mol. The summed E-state index contributed by atoms with van der Waals surface area (Å²) < 4.78 is 13.4. The first-order valence-corrected chi connectivity index (χ1v) is 11.0. The summed E-state index contributed by atoms with van der Waals surface area (Å²) in [6.07, 6.45) is -0.149. The van der Waals surface area contributed by atoms with Gasteiger partial charge in [0.25, 0.3) is 5.56 Å². The van der Waals surface area contributed by atoms with E-state index in [0.717, 1.165) is 16.7 Å². The summed E-state index contributed by atoms with van der Waals surface area (Å²) in [7, 11) is 0. The number of halogens is 1. The summed E-state index contributed by atoms with van der Waals surface area (Å²) in [6.45, 7) is 3.83. The number of aryl methyl sites for hydroxylation is 2. The van der Waals surface area contributed by atoms with Crippen molar-refractivity contribution in [3.8, 4) is 0 Å². The number of nitrogens with zero attached hydrogens (tertiary/aromatic N) is 1. The number of anilines is 2. The molecule has 0 spiro atoms. The lowest BCUT2D eigenvalue weighted by atomic mass is 9.92. The molecule has 3 aromatic rings. The number of carbonyl (C=O) groups excluding carboxylic acids is 2. The molecule has 0 saturated heterocycles. The number of nitrogens with one attached hydrogen (secondary N) is 3. The van der Waals surface area contributed by atoms with Crippen LogP contribution in [0.25, 0.3) is 0 Å². The van der Waals surface area contributed by atoms with E-state index in [0.29, 0.717) is 11.4 Å². The summed E-state index contributed by atoms with van der Waals surface area (Å²) >= 11 is 1.20. The molecule has 1 aliphatic heterocycles. The van der Waals surface area contributed by atoms with Crippen molar-refractivity contribution < 1.29 is 14.0 Å². The molecular weight excluding hydrogens is 431 g/mol. The van der Waals surface area contributed by atoms with Crippen LogP contribution in [0.1, 0.15) is 34.6 Å². The molecule has 9 heteroatoms. The van der Waals surface area contributed by atoms with Crippen LogP contribution in [-0.4, -0.2) is 21.8 Å². The minimum absolute atomic E-state index is 0.0764. The molecule has 0 fully saturated rings. The molecule has 4 rings (SSSR count). The van der Waals surface area contributed by atoms with Crippen molar-refractivity contribution in [1.82, 2.24) is 9.97 Å². The van der Waals surface area contributed by atoms with E-state index in [9.17, 15) is 18.8 Å². The molecule has 1 atom stereocenters. The van der Waals surface area contributed by atoms with Crippen LogP contribution in [0.5, 0.6) is 0 Å². The molecule has 1 aromatic heterocycles. The molecule has 32 heavy (non-hydrogen) atoms. The summed E-state index contributed by atoms with van der Waals surface area (Å²) in [5, 5.41) is 5.69. The van der Waals surface area contributed by atoms with Gasteiger partial charge in [-0.3, -0.25) is 14.4 Å². The first kappa shape index (κ1) is 21.8. The lowest BCUT2D eigenvalue weighted by molar-refractivity contribution is -0.123. The van der Waals surface area contributed by atoms with Crippen LogP contribution in [-0.2, 0) is 15.3 Å². The van der Waals surface area contributed by atoms with Gasteiger partial charge in [-0.1, -0.05) is 41.6 Å². The fourth-order valence-corrected chi connectivity index (χ4v) is 4.40. The second-order valence-electron chi connectivity index (χ2n) is 7.66. The average Bonchev–Trinajstić information content (AvgIpc) is 2.73. The van der Waals surface area contributed by atoms with Gasteiger partial charge in [0, 0.05) is 17.9 Å². The van der Waals surface area contributed by atoms with Crippen molar-refractivity contribution in [1.29, 1.82) is 0 Å². The second-order valence-corrected chi connectivity index (χ2v) is 8.63. The zero-order chi connectivity index (χ0) is 22.8. The Morgan fingerprint density at radius 2 is 2.03 bits per heavy atom. The van der Waals surface area contributed by atoms with Crippen LogP contribution in [0.3, 0.4) is 0 Å². The maximum absolute atomic E-state index is 13.4. The van der Waals surface area contributed by atoms with Gasteiger partial charge < -0.3 is 15.6 Å². The van der Waals surface area contributed by atoms with E-state index in [4.69, 9.17) is 0 Å². The third-order valence-corrected chi connectivity index (χ3v) is 6.09. The van der Waals surface area contributed by atoms with E-state index < -0.39 is 23.3 Å². The Kier molecular flexibility index (Phi) is 6.09. The normalized spacial score (nSPS) is 15.1. The number of amides is 2. The Labute approximate surface area is 187 Å². The standard InChI is InChI=1S/C23H21FN4O3S/c1-12-6-7-17(13(2)8-12)25-21(30)16-10-18(29)26-20-19(16)22(31)28-23(27-20)32-11-14-4-3-5-15(24)9-14/h3-9,16H,10-11H2,1-2H3,(H,25,30)(H2,26,27,28,29,31)/t16-/m0/s1. The molecule has 0 saturated carbocycles. The van der Waals surface area contributed by atoms with Crippen molar-refractivity contribution in [3.05, 3.63) is 80.9 Å². The third-order valence-electron chi connectivity index (χ3n) is 5.15. The number of aromatic nitrogens is 2. The Balaban J connectivity index is 1.58. The van der Waals surface area contributed by atoms with Crippen molar-refractivity contribution in [2.24, 2.45) is 0 Å². The number of hydrogen-bond acceptors (Lipinski definition) is 5. The molecule has 2 heterocycles. The molecular formula is C23H21FN4O3S. The Bertz CT molecular complexity index is 1270. The molecule has 0 aliphatic carbocycles. The fraction of sp³-hybridized carbons (Fsp3) is 0.217. The SMILES string of the molecule is Cc1ccc(NC(=O)[C@H]2CC(=O)Nc3nc(SCc4cccc(F)c4)[nH]c(=O)c32)c(C)c1. The van der Waals surface area contributed by atoms with Crippen LogP contribution in [0.4, 0.5) is 15.9 Å². The summed E-state index contributed by atoms with van der Waals surface area (Å²) in [6, 6.07) is 11.7. The first-order chi connectivity index (χ1) is 15.3. The van der Waals surface area contributed by atoms with Crippen molar-refractivity contribution in [3.63, 3.8) is 0 Å². The van der Waals surface area contributed by atoms with Gasteiger partial charge >= 0.3 is 0 Å². The van der Waals surface area contributed by atoms with E-state index in [1.54, 1.807) is 18.2 Å². The predicted molar refractivity (Wildman–Crippen MR) is 121 cm³/mol. The molecule has 0 bridgehead atoms. The summed E-state index contributed by atoms with van der Waals surface area (Å²) in [5.74, 6) is -1.69. The minimum atomic E-state index is -0.960. The van der Waals surface area contributed by atoms with Gasteiger partial charge in [-0.05, 0) is 43.2 Å². The number of carbonyl (C=O) groups is 2. The maximum atomic E-state index is 13.4. The van der Waals surface area contributed by atoms with Crippen LogP contribution in [0, 0.1) is 19.7 Å². The summed E-state index contributed by atoms with van der Waals surface area (Å²) in [5.41, 5.74) is 2.94. The summed E-state index contributed by atoms with van der Waals surface area (Å²) in [4.78, 5) is 45.1. The molecule has 3 N–H and O–H groups in total. The number of aromatic amines is 1. The van der Waals surface area contributed by atoms with E-state index in [2.05, 4.69) is 20.6 Å². The predicted octanol–water partition coefficient (Wildman–Crippen LogP) is 3.88. The number of thioether (sulfide) groups is 1. The maximum Gasteiger partial charge on any atom is 0.257 e. The smallest absolute Gasteiger partial charge is 0.257 e.